The number of benzene rings is 3. The van der Waals surface area contributed by atoms with Gasteiger partial charge in [0, 0.05) is 31.3 Å². The highest BCUT2D eigenvalue weighted by atomic mass is 127. The Labute approximate surface area is 255 Å². The molecule has 40 heavy (non-hydrogen) atoms. The summed E-state index contributed by atoms with van der Waals surface area (Å²) in [6.45, 7) is 0. The van der Waals surface area contributed by atoms with Crippen molar-refractivity contribution in [1.82, 2.24) is 5.32 Å². The van der Waals surface area contributed by atoms with E-state index < -0.39 is 11.5 Å². The molecule has 6 rings (SSSR count). The van der Waals surface area contributed by atoms with Crippen LogP contribution in [0, 0.1) is 15.4 Å². The van der Waals surface area contributed by atoms with E-state index in [-0.39, 0.29) is 30.1 Å². The summed E-state index contributed by atoms with van der Waals surface area (Å²) in [5.41, 5.74) is 1.01. The molecule has 0 saturated carbocycles. The van der Waals surface area contributed by atoms with Crippen LogP contribution in [0.3, 0.4) is 0 Å². The molecule has 4 atom stereocenters. The summed E-state index contributed by atoms with van der Waals surface area (Å²) < 4.78 is 12.6. The zero-order valence-corrected chi connectivity index (χ0v) is 25.1. The number of piperidine rings is 1. The second-order valence-corrected chi connectivity index (χ2v) is 12.3. The van der Waals surface area contributed by atoms with Gasteiger partial charge in [-0.2, -0.15) is 0 Å². The molecule has 3 aromatic rings. The second-order valence-electron chi connectivity index (χ2n) is 10.2. The number of ether oxygens (including phenoxy) is 2. The highest BCUT2D eigenvalue weighted by molar-refractivity contribution is 14.1. The van der Waals surface area contributed by atoms with E-state index in [1.54, 1.807) is 19.2 Å². The van der Waals surface area contributed by atoms with Crippen molar-refractivity contribution in [3.63, 3.8) is 0 Å². The maximum Gasteiger partial charge on any atom is 0.237 e. The largest absolute Gasteiger partial charge is 0.497 e. The maximum atomic E-state index is 14.3. The van der Waals surface area contributed by atoms with E-state index in [4.69, 9.17) is 32.7 Å². The molecule has 1 aliphatic carbocycles. The zero-order valence-electron chi connectivity index (χ0n) is 21.4. The molecule has 0 aromatic heterocycles. The van der Waals surface area contributed by atoms with Gasteiger partial charge in [0.15, 0.2) is 0 Å². The van der Waals surface area contributed by atoms with E-state index >= 15 is 0 Å². The summed E-state index contributed by atoms with van der Waals surface area (Å²) in [6.07, 6.45) is 6.53. The summed E-state index contributed by atoms with van der Waals surface area (Å²) in [7, 11) is 1.61. The van der Waals surface area contributed by atoms with Crippen molar-refractivity contribution in [2.75, 3.05) is 12.4 Å². The van der Waals surface area contributed by atoms with Gasteiger partial charge in [-0.3, -0.25) is 9.59 Å². The van der Waals surface area contributed by atoms with Crippen LogP contribution in [-0.2, 0) is 15.0 Å². The van der Waals surface area contributed by atoms with Crippen molar-refractivity contribution in [2.24, 2.45) is 11.8 Å². The van der Waals surface area contributed by atoms with Crippen molar-refractivity contribution in [2.45, 2.75) is 24.3 Å². The first-order valence-corrected chi connectivity index (χ1v) is 14.7. The van der Waals surface area contributed by atoms with E-state index in [1.165, 1.54) is 0 Å². The first kappa shape index (κ1) is 27.2. The molecule has 0 bridgehead atoms. The lowest BCUT2D eigenvalue weighted by Crippen LogP contribution is -2.59. The Morgan fingerprint density at radius 2 is 1.75 bits per heavy atom. The lowest BCUT2D eigenvalue weighted by atomic mass is 9.57. The molecule has 2 amide bonds. The lowest BCUT2D eigenvalue weighted by Gasteiger charge is -2.49. The molecule has 1 spiro atoms. The average molecular weight is 687 g/mol. The third kappa shape index (κ3) is 4.67. The Morgan fingerprint density at radius 3 is 2.50 bits per heavy atom. The molecule has 1 unspecified atom stereocenters. The number of carbonyl (C=O) groups excluding carboxylic acids is 2. The summed E-state index contributed by atoms with van der Waals surface area (Å²) in [4.78, 5) is 27.8. The number of methoxy groups -OCH3 is 1. The number of allylic oxidation sites excluding steroid dienone is 4. The molecule has 1 fully saturated rings. The number of hydrogen-bond acceptors (Lipinski definition) is 4. The monoisotopic (exact) mass is 686 g/mol. The summed E-state index contributed by atoms with van der Waals surface area (Å²) in [5.74, 6) is 1.03. The van der Waals surface area contributed by atoms with Gasteiger partial charge in [0.2, 0.25) is 11.8 Å². The van der Waals surface area contributed by atoms with Gasteiger partial charge in [0.05, 0.1) is 13.2 Å². The molecule has 204 valence electrons. The third-order valence-corrected chi connectivity index (χ3v) is 9.14. The molecule has 2 heterocycles. The van der Waals surface area contributed by atoms with E-state index in [1.807, 2.05) is 60.7 Å². The smallest absolute Gasteiger partial charge is 0.237 e. The standard InChI is InChI=1S/C31H25Cl2IN2O4/c1-39-21-7-9-22(10-8-21)40-27-12-6-20(34)15-23(27)29-31(24-11-5-19(33)14-26(24)35-30(31)38)25(16-28(37)36-29)17-3-2-4-18(32)13-17/h2-12,14-15,17,25,29H,13,16H2,1H3,(H,35,38)(H,36,37)/t17?,25-,29-,31-/m0/s1. The van der Waals surface area contributed by atoms with Gasteiger partial charge in [-0.1, -0.05) is 41.4 Å². The Kier molecular flexibility index (Phi) is 7.31. The Hall–Kier alpha value is -3.01. The quantitative estimate of drug-likeness (QED) is 0.273. The molecular weight excluding hydrogens is 662 g/mol. The minimum absolute atomic E-state index is 0.132. The van der Waals surface area contributed by atoms with E-state index in [0.29, 0.717) is 45.0 Å². The molecule has 9 heteroatoms. The lowest BCUT2D eigenvalue weighted by molar-refractivity contribution is -0.135. The number of rotatable bonds is 5. The van der Waals surface area contributed by atoms with Crippen LogP contribution in [0.15, 0.2) is 83.9 Å². The molecule has 6 nitrogen and oxygen atoms in total. The van der Waals surface area contributed by atoms with E-state index in [9.17, 15) is 9.59 Å². The Morgan fingerprint density at radius 1 is 0.975 bits per heavy atom. The van der Waals surface area contributed by atoms with Crippen LogP contribution in [0.25, 0.3) is 0 Å². The number of anilines is 1. The highest BCUT2D eigenvalue weighted by Gasteiger charge is 2.62. The van der Waals surface area contributed by atoms with E-state index in [0.717, 1.165) is 9.13 Å². The molecular formula is C31H25Cl2IN2O4. The first-order valence-electron chi connectivity index (χ1n) is 12.8. The highest BCUT2D eigenvalue weighted by Crippen LogP contribution is 2.58. The fourth-order valence-corrected chi connectivity index (χ4v) is 7.19. The number of amides is 2. The number of carbonyl (C=O) groups is 2. The number of hydrogen-bond donors (Lipinski definition) is 2. The Balaban J connectivity index is 1.54. The van der Waals surface area contributed by atoms with E-state index in [2.05, 4.69) is 39.3 Å². The van der Waals surface area contributed by atoms with Crippen molar-refractivity contribution in [3.05, 3.63) is 104 Å². The molecule has 2 N–H and O–H groups in total. The molecule has 2 aliphatic heterocycles. The van der Waals surface area contributed by atoms with Crippen molar-refractivity contribution in [1.29, 1.82) is 0 Å². The SMILES string of the molecule is COc1ccc(Oc2ccc(I)cc2[C@@H]2NC(=O)C[C@@H](C3C=CC=C(Cl)C3)[C@]23C(=O)Nc2cc(Cl)ccc23)cc1. The van der Waals surface area contributed by atoms with Gasteiger partial charge < -0.3 is 20.1 Å². The van der Waals surface area contributed by atoms with Crippen LogP contribution in [0.5, 0.6) is 17.2 Å². The fourth-order valence-electron chi connectivity index (χ4n) is 6.25. The topological polar surface area (TPSA) is 76.7 Å². The minimum atomic E-state index is -1.14. The normalized spacial score (nSPS) is 25.2. The summed E-state index contributed by atoms with van der Waals surface area (Å²) in [5, 5.41) is 7.49. The van der Waals surface area contributed by atoms with Gasteiger partial charge in [0.25, 0.3) is 0 Å². The van der Waals surface area contributed by atoms with Crippen LogP contribution in [0.1, 0.15) is 30.0 Å². The number of fused-ring (bicyclic) bond motifs is 2. The van der Waals surface area contributed by atoms with Gasteiger partial charge in [-0.05, 0) is 107 Å². The van der Waals surface area contributed by atoms with Crippen LogP contribution < -0.4 is 20.1 Å². The van der Waals surface area contributed by atoms with Crippen LogP contribution >= 0.6 is 45.8 Å². The fraction of sp³-hybridized carbons (Fsp3) is 0.226. The predicted octanol–water partition coefficient (Wildman–Crippen LogP) is 7.51. The summed E-state index contributed by atoms with van der Waals surface area (Å²) >= 11 is 15.1. The van der Waals surface area contributed by atoms with Gasteiger partial charge in [-0.15, -0.1) is 0 Å². The van der Waals surface area contributed by atoms with Crippen LogP contribution in [0.2, 0.25) is 5.02 Å². The molecule has 3 aromatic carbocycles. The second kappa shape index (κ2) is 10.8. The van der Waals surface area contributed by atoms with Gasteiger partial charge in [0.1, 0.15) is 22.7 Å². The van der Waals surface area contributed by atoms with Crippen molar-refractivity contribution >= 4 is 63.3 Å². The van der Waals surface area contributed by atoms with Gasteiger partial charge >= 0.3 is 0 Å². The van der Waals surface area contributed by atoms with Crippen molar-refractivity contribution < 1.29 is 19.1 Å². The number of nitrogens with one attached hydrogen (secondary N) is 2. The third-order valence-electron chi connectivity index (χ3n) is 7.96. The predicted molar refractivity (Wildman–Crippen MR) is 164 cm³/mol. The minimum Gasteiger partial charge on any atom is -0.497 e. The Bertz CT molecular complexity index is 1570. The number of halogens is 3. The molecule has 1 saturated heterocycles. The molecule has 3 aliphatic rings. The van der Waals surface area contributed by atoms with Crippen LogP contribution in [-0.4, -0.2) is 18.9 Å². The molecule has 0 radical (unpaired) electrons. The van der Waals surface area contributed by atoms with Crippen molar-refractivity contribution in [3.8, 4) is 17.2 Å². The average Bonchev–Trinajstić information content (AvgIpc) is 3.22. The van der Waals surface area contributed by atoms with Crippen LogP contribution in [0.4, 0.5) is 5.69 Å². The summed E-state index contributed by atoms with van der Waals surface area (Å²) in [6, 6.07) is 17.8. The first-order chi connectivity index (χ1) is 19.3. The maximum absolute atomic E-state index is 14.3. The van der Waals surface area contributed by atoms with Gasteiger partial charge in [-0.25, -0.2) is 0 Å². The zero-order chi connectivity index (χ0) is 28.0.